The van der Waals surface area contributed by atoms with Gasteiger partial charge in [-0.1, -0.05) is 18.2 Å². The lowest BCUT2D eigenvalue weighted by Crippen LogP contribution is -2.45. The lowest BCUT2D eigenvalue weighted by atomic mass is 9.85. The molecule has 2 aliphatic rings. The van der Waals surface area contributed by atoms with Crippen LogP contribution in [-0.4, -0.2) is 46.2 Å². The predicted molar refractivity (Wildman–Crippen MR) is 99.4 cm³/mol. The standard InChI is InChI=1S/C19H19N3O7/c1-11(21-17(24)14-7-2-3-8-15(14)18(21)25)19(26)29-10-16(23)20-12-5-4-6-13(9-12)22(27)28/h2-6,9,11,14-15H,7-8,10H2,1H3,(H,20,23)/t11-,14-,15-/m0/s1. The first-order valence-corrected chi connectivity index (χ1v) is 9.02. The Kier molecular flexibility index (Phi) is 5.71. The van der Waals surface area contributed by atoms with Crippen molar-refractivity contribution in [1.82, 2.24) is 4.90 Å². The van der Waals surface area contributed by atoms with Gasteiger partial charge in [0.25, 0.3) is 11.6 Å². The third-order valence-corrected chi connectivity index (χ3v) is 4.96. The number of anilines is 1. The van der Waals surface area contributed by atoms with Crippen molar-refractivity contribution in [3.8, 4) is 0 Å². The number of nitrogens with zero attached hydrogens (tertiary/aromatic N) is 2. The number of ether oxygens (including phenoxy) is 1. The van der Waals surface area contributed by atoms with Crippen LogP contribution in [0.3, 0.4) is 0 Å². The van der Waals surface area contributed by atoms with Crippen LogP contribution in [0.4, 0.5) is 11.4 Å². The van der Waals surface area contributed by atoms with Crippen molar-refractivity contribution in [2.24, 2.45) is 11.8 Å². The molecule has 0 aromatic heterocycles. The molecular weight excluding hydrogens is 382 g/mol. The fraction of sp³-hybridized carbons (Fsp3) is 0.368. The quantitative estimate of drug-likeness (QED) is 0.250. The van der Waals surface area contributed by atoms with E-state index < -0.39 is 53.1 Å². The topological polar surface area (TPSA) is 136 Å². The maximum atomic E-state index is 12.5. The van der Waals surface area contributed by atoms with Crippen LogP contribution >= 0.6 is 0 Å². The zero-order chi connectivity index (χ0) is 21.1. The van der Waals surface area contributed by atoms with E-state index in [0.717, 1.165) is 4.90 Å². The average Bonchev–Trinajstić information content (AvgIpc) is 2.96. The van der Waals surface area contributed by atoms with Crippen LogP contribution < -0.4 is 5.32 Å². The number of amides is 3. The Morgan fingerprint density at radius 1 is 1.24 bits per heavy atom. The number of carbonyl (C=O) groups is 4. The lowest BCUT2D eigenvalue weighted by molar-refractivity contribution is -0.384. The first kappa shape index (κ1) is 20.2. The highest BCUT2D eigenvalue weighted by Crippen LogP contribution is 2.36. The highest BCUT2D eigenvalue weighted by atomic mass is 16.6. The molecule has 1 aliphatic heterocycles. The Morgan fingerprint density at radius 3 is 2.45 bits per heavy atom. The van der Waals surface area contributed by atoms with Crippen molar-refractivity contribution in [3.05, 3.63) is 46.5 Å². The van der Waals surface area contributed by atoms with Gasteiger partial charge in [0.1, 0.15) is 6.04 Å². The Morgan fingerprint density at radius 2 is 1.86 bits per heavy atom. The van der Waals surface area contributed by atoms with Crippen molar-refractivity contribution < 1.29 is 28.8 Å². The molecule has 0 spiro atoms. The van der Waals surface area contributed by atoms with E-state index in [4.69, 9.17) is 4.74 Å². The Hall–Kier alpha value is -3.56. The summed E-state index contributed by atoms with van der Waals surface area (Å²) in [7, 11) is 0. The molecule has 1 fully saturated rings. The van der Waals surface area contributed by atoms with Crippen LogP contribution in [0.15, 0.2) is 36.4 Å². The fourth-order valence-electron chi connectivity index (χ4n) is 3.46. The van der Waals surface area contributed by atoms with Crippen LogP contribution in [0.2, 0.25) is 0 Å². The van der Waals surface area contributed by atoms with Gasteiger partial charge < -0.3 is 10.1 Å². The van der Waals surface area contributed by atoms with Gasteiger partial charge >= 0.3 is 5.97 Å². The van der Waals surface area contributed by atoms with Gasteiger partial charge in [-0.15, -0.1) is 0 Å². The molecule has 10 heteroatoms. The second-order valence-corrected chi connectivity index (χ2v) is 6.84. The number of esters is 1. The van der Waals surface area contributed by atoms with Crippen LogP contribution in [0.25, 0.3) is 0 Å². The number of rotatable bonds is 6. The molecule has 1 aromatic rings. The molecule has 10 nitrogen and oxygen atoms in total. The summed E-state index contributed by atoms with van der Waals surface area (Å²) < 4.78 is 4.93. The summed E-state index contributed by atoms with van der Waals surface area (Å²) in [6, 6.07) is 4.15. The van der Waals surface area contributed by atoms with E-state index in [0.29, 0.717) is 12.8 Å². The summed E-state index contributed by atoms with van der Waals surface area (Å²) in [6.07, 6.45) is 4.60. The molecule has 1 N–H and O–H groups in total. The molecule has 1 saturated heterocycles. The minimum Gasteiger partial charge on any atom is -0.454 e. The number of nitrogens with one attached hydrogen (secondary N) is 1. The molecule has 0 radical (unpaired) electrons. The largest absolute Gasteiger partial charge is 0.454 e. The van der Waals surface area contributed by atoms with E-state index in [-0.39, 0.29) is 11.4 Å². The molecule has 152 valence electrons. The molecule has 1 heterocycles. The molecule has 1 aliphatic carbocycles. The number of imide groups is 1. The SMILES string of the molecule is C[C@@H](C(=O)OCC(=O)Nc1cccc([N+](=O)[O-])c1)N1C(=O)[C@H]2CC=CC[C@@H]2C1=O. The molecule has 1 aromatic carbocycles. The summed E-state index contributed by atoms with van der Waals surface area (Å²) in [6.45, 7) is 0.720. The van der Waals surface area contributed by atoms with Crippen LogP contribution in [0, 0.1) is 22.0 Å². The first-order chi connectivity index (χ1) is 13.8. The number of fused-ring (bicyclic) bond motifs is 1. The fourth-order valence-corrected chi connectivity index (χ4v) is 3.46. The van der Waals surface area contributed by atoms with Crippen LogP contribution in [0.5, 0.6) is 0 Å². The minimum atomic E-state index is -1.15. The van der Waals surface area contributed by atoms with Crippen molar-refractivity contribution in [3.63, 3.8) is 0 Å². The molecule has 3 rings (SSSR count). The number of nitro benzene ring substituents is 1. The third-order valence-electron chi connectivity index (χ3n) is 4.96. The van der Waals surface area contributed by atoms with Gasteiger partial charge in [-0.25, -0.2) is 4.79 Å². The van der Waals surface area contributed by atoms with Crippen molar-refractivity contribution in [2.75, 3.05) is 11.9 Å². The maximum Gasteiger partial charge on any atom is 0.329 e. The van der Waals surface area contributed by atoms with Crippen molar-refractivity contribution in [2.45, 2.75) is 25.8 Å². The van der Waals surface area contributed by atoms with Crippen molar-refractivity contribution in [1.29, 1.82) is 0 Å². The Labute approximate surface area is 165 Å². The molecule has 3 amide bonds. The smallest absolute Gasteiger partial charge is 0.329 e. The summed E-state index contributed by atoms with van der Waals surface area (Å²) in [5.41, 5.74) is -0.0230. The van der Waals surface area contributed by atoms with Crippen LogP contribution in [-0.2, 0) is 23.9 Å². The highest BCUT2D eigenvalue weighted by Gasteiger charge is 2.50. The number of allylic oxidation sites excluding steroid dienone is 2. The molecule has 0 saturated carbocycles. The van der Waals surface area contributed by atoms with E-state index in [1.807, 2.05) is 12.2 Å². The number of hydrogen-bond donors (Lipinski definition) is 1. The monoisotopic (exact) mass is 401 g/mol. The van der Waals surface area contributed by atoms with E-state index in [2.05, 4.69) is 5.32 Å². The summed E-state index contributed by atoms with van der Waals surface area (Å²) in [4.78, 5) is 60.3. The first-order valence-electron chi connectivity index (χ1n) is 9.02. The predicted octanol–water partition coefficient (Wildman–Crippen LogP) is 1.42. The van der Waals surface area contributed by atoms with E-state index >= 15 is 0 Å². The van der Waals surface area contributed by atoms with Gasteiger partial charge in [0.2, 0.25) is 11.8 Å². The van der Waals surface area contributed by atoms with E-state index in [9.17, 15) is 29.3 Å². The maximum absolute atomic E-state index is 12.5. The number of carbonyl (C=O) groups excluding carboxylic acids is 4. The number of non-ortho nitro benzene ring substituents is 1. The van der Waals surface area contributed by atoms with Crippen molar-refractivity contribution >= 4 is 35.1 Å². The zero-order valence-electron chi connectivity index (χ0n) is 15.6. The normalized spacial score (nSPS) is 21.5. The van der Waals surface area contributed by atoms with Gasteiger partial charge in [-0.2, -0.15) is 0 Å². The van der Waals surface area contributed by atoms with E-state index in [1.54, 1.807) is 0 Å². The molecule has 3 atom stereocenters. The van der Waals surface area contributed by atoms with Crippen LogP contribution in [0.1, 0.15) is 19.8 Å². The summed E-state index contributed by atoms with van der Waals surface area (Å²) >= 11 is 0. The molecular formula is C19H19N3O7. The van der Waals surface area contributed by atoms with Gasteiger partial charge in [-0.05, 0) is 25.8 Å². The highest BCUT2D eigenvalue weighted by molar-refractivity contribution is 6.08. The number of likely N-dealkylation sites (tertiary alicyclic amines) is 1. The molecule has 0 bridgehead atoms. The number of hydrogen-bond acceptors (Lipinski definition) is 7. The average molecular weight is 401 g/mol. The lowest BCUT2D eigenvalue weighted by Gasteiger charge is -2.21. The summed E-state index contributed by atoms with van der Waals surface area (Å²) in [5, 5.41) is 13.1. The third kappa shape index (κ3) is 4.15. The van der Waals surface area contributed by atoms with Gasteiger partial charge in [0, 0.05) is 17.8 Å². The second kappa shape index (κ2) is 8.21. The zero-order valence-corrected chi connectivity index (χ0v) is 15.6. The van der Waals surface area contributed by atoms with Gasteiger partial charge in [0.05, 0.1) is 16.8 Å². The summed E-state index contributed by atoms with van der Waals surface area (Å²) in [5.74, 6) is -3.32. The van der Waals surface area contributed by atoms with Gasteiger partial charge in [-0.3, -0.25) is 29.4 Å². The number of nitro groups is 1. The Balaban J connectivity index is 1.55. The van der Waals surface area contributed by atoms with Gasteiger partial charge in [0.15, 0.2) is 6.61 Å². The minimum absolute atomic E-state index is 0.176. The van der Waals surface area contributed by atoms with E-state index in [1.165, 1.54) is 31.2 Å². The molecule has 0 unspecified atom stereocenters. The number of benzene rings is 1. The molecule has 29 heavy (non-hydrogen) atoms. The Bertz CT molecular complexity index is 885. The second-order valence-electron chi connectivity index (χ2n) is 6.84.